The number of hydrogen-bond acceptors (Lipinski definition) is 3. The Bertz CT molecular complexity index is 449. The van der Waals surface area contributed by atoms with Crippen LogP contribution < -0.4 is 15.4 Å². The summed E-state index contributed by atoms with van der Waals surface area (Å²) in [7, 11) is 1.51. The van der Waals surface area contributed by atoms with E-state index < -0.39 is 11.9 Å². The molecule has 5 nitrogen and oxygen atoms in total. The Morgan fingerprint density at radius 1 is 1.39 bits per heavy atom. The van der Waals surface area contributed by atoms with Crippen molar-refractivity contribution in [2.45, 2.75) is 13.3 Å². The number of aryl methyl sites for hydroxylation is 1. The number of rotatable bonds is 4. The van der Waals surface area contributed by atoms with Gasteiger partial charge in [0.2, 0.25) is 5.91 Å². The van der Waals surface area contributed by atoms with Gasteiger partial charge in [-0.05, 0) is 24.6 Å². The van der Waals surface area contributed by atoms with Crippen LogP contribution in [0.25, 0.3) is 0 Å². The number of ether oxygens (including phenoxy) is 1. The second kappa shape index (κ2) is 6.86. The molecule has 0 saturated heterocycles. The van der Waals surface area contributed by atoms with E-state index in [-0.39, 0.29) is 12.3 Å². The van der Waals surface area contributed by atoms with Crippen LogP contribution >= 0.6 is 11.6 Å². The number of imide groups is 1. The monoisotopic (exact) mass is 270 g/mol. The highest BCUT2D eigenvalue weighted by atomic mass is 35.5. The van der Waals surface area contributed by atoms with Gasteiger partial charge in [-0.15, -0.1) is 11.6 Å². The van der Waals surface area contributed by atoms with Crippen LogP contribution in [0.15, 0.2) is 18.2 Å². The summed E-state index contributed by atoms with van der Waals surface area (Å²) in [6.07, 6.45) is 0.0972. The maximum atomic E-state index is 11.5. The first kappa shape index (κ1) is 14.3. The van der Waals surface area contributed by atoms with Gasteiger partial charge in [0.05, 0.1) is 12.8 Å². The van der Waals surface area contributed by atoms with Crippen LogP contribution in [-0.4, -0.2) is 24.9 Å². The van der Waals surface area contributed by atoms with Crippen LogP contribution in [0.1, 0.15) is 12.0 Å². The second-order valence-electron chi connectivity index (χ2n) is 3.65. The summed E-state index contributed by atoms with van der Waals surface area (Å²) in [5.74, 6) is 0.280. The molecule has 98 valence electrons. The molecule has 1 rings (SSSR count). The van der Waals surface area contributed by atoms with E-state index in [1.54, 1.807) is 12.1 Å². The molecule has 0 aromatic heterocycles. The van der Waals surface area contributed by atoms with Crippen molar-refractivity contribution < 1.29 is 14.3 Å². The Labute approximate surface area is 110 Å². The van der Waals surface area contributed by atoms with Crippen LogP contribution in [-0.2, 0) is 4.79 Å². The van der Waals surface area contributed by atoms with E-state index in [0.29, 0.717) is 11.4 Å². The van der Waals surface area contributed by atoms with Crippen molar-refractivity contribution in [2.24, 2.45) is 0 Å². The highest BCUT2D eigenvalue weighted by Crippen LogP contribution is 2.24. The predicted octanol–water partition coefficient (Wildman–Crippen LogP) is 2.28. The number of carbonyl (C=O) groups excluding carboxylic acids is 2. The Kier molecular flexibility index (Phi) is 5.45. The number of hydrogen-bond donors (Lipinski definition) is 2. The topological polar surface area (TPSA) is 67.4 Å². The number of halogens is 1. The van der Waals surface area contributed by atoms with E-state index in [1.165, 1.54) is 7.11 Å². The average molecular weight is 271 g/mol. The van der Waals surface area contributed by atoms with Crippen molar-refractivity contribution >= 4 is 29.2 Å². The summed E-state index contributed by atoms with van der Waals surface area (Å²) < 4.78 is 5.11. The zero-order valence-electron chi connectivity index (χ0n) is 10.2. The molecule has 0 saturated carbocycles. The molecule has 3 amide bonds. The number of carbonyl (C=O) groups is 2. The summed E-state index contributed by atoms with van der Waals surface area (Å²) in [5.41, 5.74) is 1.48. The molecule has 0 heterocycles. The number of urea groups is 1. The fourth-order valence-corrected chi connectivity index (χ4v) is 1.52. The normalized spacial score (nSPS) is 9.72. The number of anilines is 1. The number of amides is 3. The van der Waals surface area contributed by atoms with E-state index in [1.807, 2.05) is 13.0 Å². The highest BCUT2D eigenvalue weighted by molar-refractivity contribution is 6.19. The smallest absolute Gasteiger partial charge is 0.325 e. The van der Waals surface area contributed by atoms with Crippen LogP contribution in [0.5, 0.6) is 5.75 Å². The molecule has 1 aromatic rings. The molecule has 0 atom stereocenters. The zero-order valence-corrected chi connectivity index (χ0v) is 11.0. The molecule has 0 aliphatic rings. The first-order chi connectivity index (χ1) is 8.56. The third-order valence-electron chi connectivity index (χ3n) is 2.18. The van der Waals surface area contributed by atoms with Crippen LogP contribution in [0, 0.1) is 6.92 Å². The first-order valence-electron chi connectivity index (χ1n) is 5.38. The Morgan fingerprint density at radius 2 is 2.11 bits per heavy atom. The van der Waals surface area contributed by atoms with Crippen LogP contribution in [0.3, 0.4) is 0 Å². The summed E-state index contributed by atoms with van der Waals surface area (Å²) in [6.45, 7) is 1.89. The lowest BCUT2D eigenvalue weighted by molar-refractivity contribution is -0.119. The average Bonchev–Trinajstić information content (AvgIpc) is 2.29. The van der Waals surface area contributed by atoms with E-state index in [9.17, 15) is 9.59 Å². The van der Waals surface area contributed by atoms with Crippen molar-refractivity contribution in [3.8, 4) is 5.75 Å². The minimum Gasteiger partial charge on any atom is -0.495 e. The van der Waals surface area contributed by atoms with Gasteiger partial charge in [-0.2, -0.15) is 0 Å². The van der Waals surface area contributed by atoms with Gasteiger partial charge in [-0.3, -0.25) is 10.1 Å². The highest BCUT2D eigenvalue weighted by Gasteiger charge is 2.10. The third-order valence-corrected chi connectivity index (χ3v) is 2.37. The van der Waals surface area contributed by atoms with Gasteiger partial charge in [-0.1, -0.05) is 6.07 Å². The molecule has 0 fully saturated rings. The number of methoxy groups -OCH3 is 1. The molecule has 6 heteroatoms. The number of alkyl halides is 1. The van der Waals surface area contributed by atoms with Crippen molar-refractivity contribution in [3.05, 3.63) is 23.8 Å². The standard InChI is InChI=1S/C12H15ClN2O3/c1-8-3-4-10(18-2)9(7-8)14-12(17)15-11(16)5-6-13/h3-4,7H,5-6H2,1-2H3,(H2,14,15,16,17). The molecule has 0 unspecified atom stereocenters. The van der Waals surface area contributed by atoms with Gasteiger partial charge in [0.15, 0.2) is 0 Å². The molecular formula is C12H15ClN2O3. The molecule has 0 spiro atoms. The minimum atomic E-state index is -0.603. The maximum absolute atomic E-state index is 11.5. The van der Waals surface area contributed by atoms with Gasteiger partial charge < -0.3 is 10.1 Å². The van der Waals surface area contributed by atoms with Gasteiger partial charge in [0.1, 0.15) is 5.75 Å². The molecule has 0 bridgehead atoms. The zero-order chi connectivity index (χ0) is 13.5. The predicted molar refractivity (Wildman–Crippen MR) is 70.2 cm³/mol. The van der Waals surface area contributed by atoms with E-state index in [4.69, 9.17) is 16.3 Å². The number of benzene rings is 1. The summed E-state index contributed by atoms with van der Waals surface area (Å²) in [5, 5.41) is 4.72. The molecule has 1 aromatic carbocycles. The lowest BCUT2D eigenvalue weighted by Crippen LogP contribution is -2.34. The Hall–Kier alpha value is -1.75. The van der Waals surface area contributed by atoms with Crippen molar-refractivity contribution in [3.63, 3.8) is 0 Å². The fourth-order valence-electron chi connectivity index (χ4n) is 1.35. The largest absolute Gasteiger partial charge is 0.495 e. The molecule has 0 aliphatic carbocycles. The van der Waals surface area contributed by atoms with Crippen molar-refractivity contribution in [1.29, 1.82) is 0 Å². The molecule has 0 aliphatic heterocycles. The minimum absolute atomic E-state index is 0.0972. The molecule has 0 radical (unpaired) electrons. The molecular weight excluding hydrogens is 256 g/mol. The number of nitrogens with one attached hydrogen (secondary N) is 2. The summed E-state index contributed by atoms with van der Waals surface area (Å²) in [6, 6.07) is 4.75. The molecule has 2 N–H and O–H groups in total. The second-order valence-corrected chi connectivity index (χ2v) is 4.02. The Morgan fingerprint density at radius 3 is 2.72 bits per heavy atom. The van der Waals surface area contributed by atoms with Gasteiger partial charge in [0, 0.05) is 12.3 Å². The third kappa shape index (κ3) is 4.25. The van der Waals surface area contributed by atoms with Gasteiger partial charge >= 0.3 is 6.03 Å². The van der Waals surface area contributed by atoms with Crippen LogP contribution in [0.2, 0.25) is 0 Å². The summed E-state index contributed by atoms with van der Waals surface area (Å²) >= 11 is 5.40. The molecule has 18 heavy (non-hydrogen) atoms. The Balaban J connectivity index is 2.69. The van der Waals surface area contributed by atoms with Crippen molar-refractivity contribution in [1.82, 2.24) is 5.32 Å². The van der Waals surface area contributed by atoms with Gasteiger partial charge in [0.25, 0.3) is 0 Å². The first-order valence-corrected chi connectivity index (χ1v) is 5.91. The van der Waals surface area contributed by atoms with Gasteiger partial charge in [-0.25, -0.2) is 4.79 Å². The van der Waals surface area contributed by atoms with Crippen LogP contribution in [0.4, 0.5) is 10.5 Å². The SMILES string of the molecule is COc1ccc(C)cc1NC(=O)NC(=O)CCCl. The fraction of sp³-hybridized carbons (Fsp3) is 0.333. The van der Waals surface area contributed by atoms with E-state index >= 15 is 0 Å². The van der Waals surface area contributed by atoms with E-state index in [0.717, 1.165) is 5.56 Å². The lowest BCUT2D eigenvalue weighted by atomic mass is 10.2. The quantitative estimate of drug-likeness (QED) is 0.825. The lowest BCUT2D eigenvalue weighted by Gasteiger charge is -2.11. The summed E-state index contributed by atoms with van der Waals surface area (Å²) in [4.78, 5) is 22.7. The van der Waals surface area contributed by atoms with Crippen molar-refractivity contribution in [2.75, 3.05) is 18.3 Å². The van der Waals surface area contributed by atoms with E-state index in [2.05, 4.69) is 10.6 Å². The maximum Gasteiger partial charge on any atom is 0.325 e.